The molecule has 1 saturated carbocycles. The average Bonchev–Trinajstić information content (AvgIpc) is 3.21. The van der Waals surface area contributed by atoms with Crippen LogP contribution in [0.25, 0.3) is 0 Å². The zero-order valence-corrected chi connectivity index (χ0v) is 13.9. The molecule has 1 heterocycles. The van der Waals surface area contributed by atoms with Gasteiger partial charge in [0.25, 0.3) is 0 Å². The van der Waals surface area contributed by atoms with Gasteiger partial charge in [-0.05, 0) is 46.6 Å². The van der Waals surface area contributed by atoms with Crippen LogP contribution in [0.2, 0.25) is 0 Å². The number of ether oxygens (including phenoxy) is 1. The molecule has 1 aliphatic rings. The molecule has 1 aromatic rings. The summed E-state index contributed by atoms with van der Waals surface area (Å²) < 4.78 is 5.47. The highest BCUT2D eigenvalue weighted by Crippen LogP contribution is 2.27. The molecule has 0 bridgehead atoms. The Morgan fingerprint density at radius 3 is 2.77 bits per heavy atom. The molecule has 22 heavy (non-hydrogen) atoms. The number of nitrogens with zero attached hydrogens (tertiary/aromatic N) is 3. The fourth-order valence-electron chi connectivity index (χ4n) is 2.15. The number of aryl methyl sites for hydroxylation is 1. The summed E-state index contributed by atoms with van der Waals surface area (Å²) in [5.74, 6) is 0.771. The molecule has 0 aromatic carbocycles. The highest BCUT2D eigenvalue weighted by Gasteiger charge is 2.34. The quantitative estimate of drug-likeness (QED) is 0.817. The van der Waals surface area contributed by atoms with Crippen LogP contribution < -0.4 is 5.32 Å². The molecule has 2 rings (SSSR count). The molecule has 6 heteroatoms. The largest absolute Gasteiger partial charge is 0.444 e. The van der Waals surface area contributed by atoms with Crippen molar-refractivity contribution in [3.63, 3.8) is 0 Å². The number of rotatable bonds is 6. The lowest BCUT2D eigenvalue weighted by molar-refractivity contribution is 0.0236. The maximum Gasteiger partial charge on any atom is 0.410 e. The van der Waals surface area contributed by atoms with Crippen molar-refractivity contribution in [3.8, 4) is 0 Å². The minimum absolute atomic E-state index is 0.213. The summed E-state index contributed by atoms with van der Waals surface area (Å²) in [5.41, 5.74) is 0.513. The van der Waals surface area contributed by atoms with Crippen molar-refractivity contribution in [3.05, 3.63) is 23.8 Å². The van der Waals surface area contributed by atoms with Gasteiger partial charge in [0.2, 0.25) is 0 Å². The lowest BCUT2D eigenvalue weighted by Crippen LogP contribution is -2.41. The van der Waals surface area contributed by atoms with Gasteiger partial charge in [-0.25, -0.2) is 14.8 Å². The van der Waals surface area contributed by atoms with Gasteiger partial charge in [0.05, 0.1) is 5.69 Å². The zero-order valence-electron chi connectivity index (χ0n) is 13.9. The number of hydrogen-bond donors (Lipinski definition) is 1. The molecule has 0 aliphatic heterocycles. The van der Waals surface area contributed by atoms with E-state index in [-0.39, 0.29) is 6.09 Å². The van der Waals surface area contributed by atoms with Gasteiger partial charge in [-0.2, -0.15) is 0 Å². The SMILES string of the molecule is Cc1nccc(CNCCN(C(=O)OC(C)(C)C)C2CC2)n1. The van der Waals surface area contributed by atoms with Crippen LogP contribution in [0.1, 0.15) is 45.1 Å². The van der Waals surface area contributed by atoms with Crippen LogP contribution in [0.15, 0.2) is 12.3 Å². The lowest BCUT2D eigenvalue weighted by Gasteiger charge is -2.27. The molecular weight excluding hydrogens is 280 g/mol. The highest BCUT2D eigenvalue weighted by molar-refractivity contribution is 5.69. The normalized spacial score (nSPS) is 14.7. The first kappa shape index (κ1) is 16.7. The van der Waals surface area contributed by atoms with Crippen LogP contribution in [0, 0.1) is 6.92 Å². The van der Waals surface area contributed by atoms with Crippen LogP contribution in [0.5, 0.6) is 0 Å². The van der Waals surface area contributed by atoms with E-state index in [0.29, 0.717) is 19.1 Å². The van der Waals surface area contributed by atoms with Crippen molar-refractivity contribution >= 4 is 6.09 Å². The van der Waals surface area contributed by atoms with Crippen LogP contribution in [-0.2, 0) is 11.3 Å². The van der Waals surface area contributed by atoms with Crippen molar-refractivity contribution in [1.82, 2.24) is 20.2 Å². The topological polar surface area (TPSA) is 67.4 Å². The van der Waals surface area contributed by atoms with E-state index in [1.54, 1.807) is 6.20 Å². The monoisotopic (exact) mass is 306 g/mol. The maximum absolute atomic E-state index is 12.2. The Hall–Kier alpha value is -1.69. The van der Waals surface area contributed by atoms with E-state index < -0.39 is 5.60 Å². The summed E-state index contributed by atoms with van der Waals surface area (Å²) in [6, 6.07) is 2.24. The van der Waals surface area contributed by atoms with Gasteiger partial charge in [0, 0.05) is 31.9 Å². The zero-order chi connectivity index (χ0) is 16.2. The Kier molecular flexibility index (Phi) is 5.34. The molecule has 122 valence electrons. The first-order valence-corrected chi connectivity index (χ1v) is 7.84. The van der Waals surface area contributed by atoms with Crippen molar-refractivity contribution < 1.29 is 9.53 Å². The Bertz CT molecular complexity index is 509. The minimum Gasteiger partial charge on any atom is -0.444 e. The molecule has 6 nitrogen and oxygen atoms in total. The van der Waals surface area contributed by atoms with Gasteiger partial charge in [-0.1, -0.05) is 0 Å². The molecule has 0 unspecified atom stereocenters. The third kappa shape index (κ3) is 5.60. The predicted octanol–water partition coefficient (Wildman–Crippen LogP) is 2.27. The fourth-order valence-corrected chi connectivity index (χ4v) is 2.15. The Labute approximate surface area is 132 Å². The summed E-state index contributed by atoms with van der Waals surface area (Å²) >= 11 is 0. The first-order valence-electron chi connectivity index (χ1n) is 7.84. The summed E-state index contributed by atoms with van der Waals surface area (Å²) in [6.07, 6.45) is 3.69. The summed E-state index contributed by atoms with van der Waals surface area (Å²) in [7, 11) is 0. The molecule has 1 amide bonds. The second-order valence-corrected chi connectivity index (χ2v) is 6.68. The molecule has 0 atom stereocenters. The van der Waals surface area contributed by atoms with Crippen LogP contribution in [-0.4, -0.2) is 45.7 Å². The molecule has 0 spiro atoms. The van der Waals surface area contributed by atoms with Crippen molar-refractivity contribution in [2.24, 2.45) is 0 Å². The van der Waals surface area contributed by atoms with E-state index in [1.165, 1.54) is 0 Å². The van der Waals surface area contributed by atoms with E-state index in [9.17, 15) is 4.79 Å². The summed E-state index contributed by atoms with van der Waals surface area (Å²) in [4.78, 5) is 22.5. The lowest BCUT2D eigenvalue weighted by atomic mass is 10.2. The second kappa shape index (κ2) is 7.05. The van der Waals surface area contributed by atoms with E-state index in [0.717, 1.165) is 30.9 Å². The van der Waals surface area contributed by atoms with Gasteiger partial charge >= 0.3 is 6.09 Å². The molecule has 1 N–H and O–H groups in total. The average molecular weight is 306 g/mol. The number of hydrogen-bond acceptors (Lipinski definition) is 5. The molecule has 1 fully saturated rings. The fraction of sp³-hybridized carbons (Fsp3) is 0.688. The van der Waals surface area contributed by atoms with Crippen LogP contribution >= 0.6 is 0 Å². The predicted molar refractivity (Wildman–Crippen MR) is 84.4 cm³/mol. The Morgan fingerprint density at radius 2 is 2.18 bits per heavy atom. The Balaban J connectivity index is 1.76. The highest BCUT2D eigenvalue weighted by atomic mass is 16.6. The van der Waals surface area contributed by atoms with E-state index in [4.69, 9.17) is 4.74 Å². The number of carbonyl (C=O) groups excluding carboxylic acids is 1. The van der Waals surface area contributed by atoms with Gasteiger partial charge < -0.3 is 15.0 Å². The van der Waals surface area contributed by atoms with Gasteiger partial charge in [0.15, 0.2) is 0 Å². The first-order chi connectivity index (χ1) is 10.3. The molecule has 1 aromatic heterocycles. The maximum atomic E-state index is 12.2. The van der Waals surface area contributed by atoms with Crippen molar-refractivity contribution in [2.75, 3.05) is 13.1 Å². The number of carbonyl (C=O) groups is 1. The van der Waals surface area contributed by atoms with Gasteiger partial charge in [0.1, 0.15) is 11.4 Å². The van der Waals surface area contributed by atoms with Gasteiger partial charge in [-0.15, -0.1) is 0 Å². The van der Waals surface area contributed by atoms with E-state index >= 15 is 0 Å². The molecule has 0 radical (unpaired) electrons. The third-order valence-corrected chi connectivity index (χ3v) is 3.28. The summed E-state index contributed by atoms with van der Waals surface area (Å²) in [6.45, 7) is 9.61. The van der Waals surface area contributed by atoms with Crippen molar-refractivity contribution in [2.45, 2.75) is 58.7 Å². The number of aromatic nitrogens is 2. The van der Waals surface area contributed by atoms with Gasteiger partial charge in [-0.3, -0.25) is 0 Å². The minimum atomic E-state index is -0.448. The van der Waals surface area contributed by atoms with E-state index in [2.05, 4.69) is 15.3 Å². The van der Waals surface area contributed by atoms with E-state index in [1.807, 2.05) is 38.7 Å². The standard InChI is InChI=1S/C16H26N4O2/c1-12-18-8-7-13(19-12)11-17-9-10-20(14-5-6-14)15(21)22-16(2,3)4/h7-8,14,17H,5-6,9-11H2,1-4H3. The molecule has 0 saturated heterocycles. The number of amides is 1. The number of nitrogens with one attached hydrogen (secondary N) is 1. The van der Waals surface area contributed by atoms with Crippen molar-refractivity contribution in [1.29, 1.82) is 0 Å². The molecular formula is C16H26N4O2. The second-order valence-electron chi connectivity index (χ2n) is 6.68. The third-order valence-electron chi connectivity index (χ3n) is 3.28. The summed E-state index contributed by atoms with van der Waals surface area (Å²) in [5, 5.41) is 3.32. The van der Waals surface area contributed by atoms with Crippen LogP contribution in [0.4, 0.5) is 4.79 Å². The Morgan fingerprint density at radius 1 is 1.45 bits per heavy atom. The molecule has 1 aliphatic carbocycles. The smallest absolute Gasteiger partial charge is 0.410 e. The van der Waals surface area contributed by atoms with Crippen LogP contribution in [0.3, 0.4) is 0 Å².